The smallest absolute Gasteiger partial charge is 0.294 e. The third kappa shape index (κ3) is 19.6. The summed E-state index contributed by atoms with van der Waals surface area (Å²) in [5.74, 6) is -0.966. The number of carbonyl (C=O) groups is 3. The molecule has 0 atom stereocenters. The van der Waals surface area contributed by atoms with E-state index in [1.165, 1.54) is 40.4 Å². The highest BCUT2D eigenvalue weighted by Crippen LogP contribution is 2.49. The molecule has 21 heteroatoms. The van der Waals surface area contributed by atoms with Crippen LogP contribution in [-0.4, -0.2) is 122 Å². The van der Waals surface area contributed by atoms with Crippen LogP contribution >= 0.6 is 11.8 Å². The summed E-state index contributed by atoms with van der Waals surface area (Å²) in [6, 6.07) is 12.8. The second-order valence-electron chi connectivity index (χ2n) is 23.4. The number of anilines is 1. The van der Waals surface area contributed by atoms with Gasteiger partial charge in [0, 0.05) is 85.3 Å². The molecule has 0 fully saturated rings. The Labute approximate surface area is 498 Å². The van der Waals surface area contributed by atoms with Crippen LogP contribution in [0.3, 0.4) is 0 Å². The van der Waals surface area contributed by atoms with Crippen LogP contribution in [0.25, 0.3) is 0 Å². The first kappa shape index (κ1) is 67.2. The minimum absolute atomic E-state index is 0.107. The summed E-state index contributed by atoms with van der Waals surface area (Å²) >= 11 is 1.31. The molecule has 0 radical (unpaired) electrons. The minimum Gasteiger partial charge on any atom is -0.385 e. The van der Waals surface area contributed by atoms with Crippen molar-refractivity contribution in [1.82, 2.24) is 15.5 Å². The second kappa shape index (κ2) is 31.0. The van der Waals surface area contributed by atoms with Crippen molar-refractivity contribution >= 4 is 76.9 Å². The van der Waals surface area contributed by atoms with Gasteiger partial charge in [-0.3, -0.25) is 32.9 Å². The normalized spacial score (nSPS) is 18.1. The van der Waals surface area contributed by atoms with E-state index >= 15 is 0 Å². The summed E-state index contributed by atoms with van der Waals surface area (Å²) in [5.41, 5.74) is 7.89. The topological polar surface area (TPSA) is 248 Å². The molecule has 83 heavy (non-hydrogen) atoms. The first-order valence-corrected chi connectivity index (χ1v) is 35.7. The van der Waals surface area contributed by atoms with Crippen molar-refractivity contribution in [2.75, 3.05) is 55.4 Å². The molecule has 1 aliphatic carbocycles. The molecule has 6 rings (SSSR count). The first-order valence-electron chi connectivity index (χ1n) is 29.8. The zero-order valence-corrected chi connectivity index (χ0v) is 52.7. The summed E-state index contributed by atoms with van der Waals surface area (Å²) in [6.07, 6.45) is 30.6. The lowest BCUT2D eigenvalue weighted by molar-refractivity contribution is -0.438. The van der Waals surface area contributed by atoms with Crippen molar-refractivity contribution < 1.29 is 57.9 Å². The van der Waals surface area contributed by atoms with Crippen LogP contribution in [-0.2, 0) is 55.6 Å². The van der Waals surface area contributed by atoms with E-state index in [4.69, 9.17) is 0 Å². The quantitative estimate of drug-likeness (QED) is 0.0184. The van der Waals surface area contributed by atoms with Gasteiger partial charge < -0.3 is 15.5 Å². The number of hydrogen-bond acceptors (Lipinski definition) is 12. The number of carbonyl (C=O) groups excluding carboxylic acids is 3. The van der Waals surface area contributed by atoms with E-state index in [2.05, 4.69) is 70.4 Å². The summed E-state index contributed by atoms with van der Waals surface area (Å²) in [4.78, 5) is 40.5. The molecular weight excluding hydrogens is 1130 g/mol. The van der Waals surface area contributed by atoms with Gasteiger partial charge in [-0.15, -0.1) is 11.8 Å². The molecule has 3 aliphatic heterocycles. The summed E-state index contributed by atoms with van der Waals surface area (Å²) in [5, 5.41) is 6.93. The maximum absolute atomic E-state index is 12.5. The molecule has 0 bridgehead atoms. The first-order chi connectivity index (χ1) is 39.3. The van der Waals surface area contributed by atoms with Crippen molar-refractivity contribution in [2.45, 2.75) is 185 Å². The Hall–Kier alpha value is -4.90. The molecule has 2 aromatic rings. The van der Waals surface area contributed by atoms with Gasteiger partial charge >= 0.3 is 0 Å². The molecule has 0 aromatic heterocycles. The SMILES string of the molecule is CSC1=CC(=O)N(CCCCCCCCNC(=O)CCCCCCCCCCNC2=C(/C=C/C3=[N+](CCCCS(=O)(=O)O)c4ccccc4C3(C)C)CCC/C2=C\C=C2\N(CCCCS(=O)(=O)O)c3ccc(S(=O)(=O)O)cc3C2(C)C)C1=O. The Morgan fingerprint density at radius 2 is 1.28 bits per heavy atom. The molecule has 0 saturated heterocycles. The van der Waals surface area contributed by atoms with Gasteiger partial charge in [-0.2, -0.15) is 29.8 Å². The third-order valence-corrected chi connectivity index (χ3v) is 19.6. The average molecular weight is 1230 g/mol. The largest absolute Gasteiger partial charge is 0.385 e. The molecule has 2 aromatic carbocycles. The Kier molecular flexibility index (Phi) is 25.1. The summed E-state index contributed by atoms with van der Waals surface area (Å²) in [7, 11) is -12.7. The molecule has 0 spiro atoms. The van der Waals surface area contributed by atoms with E-state index in [1.54, 1.807) is 12.3 Å². The van der Waals surface area contributed by atoms with E-state index in [0.29, 0.717) is 62.3 Å². The zero-order valence-electron chi connectivity index (χ0n) is 49.4. The number of fused-ring (bicyclic) bond motifs is 2. The van der Waals surface area contributed by atoms with Crippen molar-refractivity contribution in [3.05, 3.63) is 111 Å². The Bertz CT molecular complexity index is 3180. The van der Waals surface area contributed by atoms with Crippen molar-refractivity contribution in [1.29, 1.82) is 0 Å². The monoisotopic (exact) mass is 1220 g/mol. The van der Waals surface area contributed by atoms with Gasteiger partial charge in [0.15, 0.2) is 5.71 Å². The molecule has 0 unspecified atom stereocenters. The van der Waals surface area contributed by atoms with Gasteiger partial charge in [0.2, 0.25) is 11.6 Å². The van der Waals surface area contributed by atoms with Gasteiger partial charge in [-0.25, -0.2) is 0 Å². The lowest BCUT2D eigenvalue weighted by Crippen LogP contribution is -2.31. The Morgan fingerprint density at radius 3 is 1.93 bits per heavy atom. The van der Waals surface area contributed by atoms with Gasteiger partial charge in [-0.05, 0) is 125 Å². The van der Waals surface area contributed by atoms with E-state index < -0.39 is 35.8 Å². The van der Waals surface area contributed by atoms with Crippen molar-refractivity contribution in [3.63, 3.8) is 0 Å². The number of imide groups is 1. The Morgan fingerprint density at radius 1 is 0.675 bits per heavy atom. The maximum Gasteiger partial charge on any atom is 0.294 e. The number of rotatable bonds is 36. The number of unbranched alkanes of at least 4 members (excludes halogenated alkanes) is 14. The number of allylic oxidation sites excluding steroid dienone is 7. The number of nitrogens with zero attached hydrogens (tertiary/aromatic N) is 3. The highest BCUT2D eigenvalue weighted by atomic mass is 32.2. The highest BCUT2D eigenvalue weighted by molar-refractivity contribution is 8.03. The number of para-hydroxylation sites is 1. The molecule has 3 heterocycles. The number of amides is 3. The Balaban J connectivity index is 1.06. The fourth-order valence-corrected chi connectivity index (χ4v) is 14.0. The number of thioether (sulfide) groups is 1. The fourth-order valence-electron chi connectivity index (χ4n) is 11.8. The molecule has 17 nitrogen and oxygen atoms in total. The molecule has 0 saturated carbocycles. The maximum atomic E-state index is 12.5. The number of nitrogens with one attached hydrogen (secondary N) is 2. The van der Waals surface area contributed by atoms with Crippen molar-refractivity contribution in [2.24, 2.45) is 0 Å². The summed E-state index contributed by atoms with van der Waals surface area (Å²) in [6.45, 7) is 11.3. The van der Waals surface area contributed by atoms with Crippen molar-refractivity contribution in [3.8, 4) is 0 Å². The van der Waals surface area contributed by atoms with Crippen LogP contribution in [0.1, 0.15) is 180 Å². The van der Waals surface area contributed by atoms with E-state index in [-0.39, 0.29) is 46.0 Å². The lowest BCUT2D eigenvalue weighted by atomic mass is 9.81. The molecule has 4 aliphatic rings. The standard InChI is InChI=1S/C62H89N5O12S4/c1-61(2)50-29-17-18-30-52(50)65(40-22-24-43-81(71,72)73)55(61)36-32-47-27-26-28-48(33-37-56-62(3,4)51-45-49(83(77,78)79)34-35-53(51)66(56)41-23-25-44-82(74,75)76)59(47)64-39-20-14-9-7-6-8-12-16-31-57(68)63-38-19-13-10-11-15-21-42-67-58(69)46-54(80-5)60(67)70/h17-18,29-30,32-37,45-46H,6-16,19-28,31,38-44H2,1-5H3,(H4,63,68,71,72,73,74,75,76,77,78,79)/p+1/b48-33+,56-37+. The average Bonchev–Trinajstić information content (AvgIpc) is 3.85. The van der Waals surface area contributed by atoms with Gasteiger partial charge in [0.05, 0.1) is 26.7 Å². The van der Waals surface area contributed by atoms with Crippen LogP contribution in [0.4, 0.5) is 11.4 Å². The zero-order chi connectivity index (χ0) is 60.4. The minimum atomic E-state index is -4.50. The van der Waals surface area contributed by atoms with Gasteiger partial charge in [0.25, 0.3) is 42.2 Å². The van der Waals surface area contributed by atoms with Crippen LogP contribution in [0, 0.1) is 0 Å². The van der Waals surface area contributed by atoms with Crippen LogP contribution in [0.2, 0.25) is 0 Å². The predicted octanol–water partition coefficient (Wildman–Crippen LogP) is 11.4. The molecule has 458 valence electrons. The molecule has 3 amide bonds. The van der Waals surface area contributed by atoms with Crippen LogP contribution < -0.4 is 15.5 Å². The fraction of sp³-hybridized carbons (Fsp3) is 0.581. The van der Waals surface area contributed by atoms with E-state index in [9.17, 15) is 53.3 Å². The highest BCUT2D eigenvalue weighted by Gasteiger charge is 2.44. The van der Waals surface area contributed by atoms with Crippen LogP contribution in [0.15, 0.2) is 105 Å². The van der Waals surface area contributed by atoms with E-state index in [0.717, 1.165) is 155 Å². The summed E-state index contributed by atoms with van der Waals surface area (Å²) < 4.78 is 102. The van der Waals surface area contributed by atoms with Gasteiger partial charge in [0.1, 0.15) is 6.54 Å². The third-order valence-electron chi connectivity index (χ3n) is 16.4. The predicted molar refractivity (Wildman–Crippen MR) is 332 cm³/mol. The second-order valence-corrected chi connectivity index (χ2v) is 28.8. The number of hydrogen-bond donors (Lipinski definition) is 5. The molecule has 5 N–H and O–H groups in total. The van der Waals surface area contributed by atoms with Crippen LogP contribution in [0.5, 0.6) is 0 Å². The number of benzene rings is 2. The van der Waals surface area contributed by atoms with Gasteiger partial charge in [-0.1, -0.05) is 108 Å². The van der Waals surface area contributed by atoms with E-state index in [1.807, 2.05) is 26.0 Å². The molecular formula is C62H90N5O12S4+. The lowest BCUT2D eigenvalue weighted by Gasteiger charge is -2.28.